The second-order valence-electron chi connectivity index (χ2n) is 7.18. The van der Waals surface area contributed by atoms with E-state index in [-0.39, 0.29) is 6.10 Å². The van der Waals surface area contributed by atoms with Crippen LogP contribution >= 0.6 is 0 Å². The first kappa shape index (κ1) is 22.1. The second kappa shape index (κ2) is 11.6. The molecule has 0 amide bonds. The van der Waals surface area contributed by atoms with Crippen LogP contribution in [-0.4, -0.2) is 65.1 Å². The Balaban J connectivity index is 1.90. The van der Waals surface area contributed by atoms with Crippen molar-refractivity contribution in [2.24, 2.45) is 4.99 Å². The van der Waals surface area contributed by atoms with Crippen molar-refractivity contribution in [3.63, 3.8) is 0 Å². The van der Waals surface area contributed by atoms with Crippen LogP contribution in [-0.2, 0) is 4.74 Å². The molecule has 1 aliphatic heterocycles. The molecule has 1 aromatic carbocycles. The van der Waals surface area contributed by atoms with E-state index < -0.39 is 0 Å². The Hall–Kier alpha value is -2.15. The van der Waals surface area contributed by atoms with Gasteiger partial charge in [-0.1, -0.05) is 0 Å². The fourth-order valence-electron chi connectivity index (χ4n) is 3.18. The number of ether oxygens (including phenoxy) is 3. The van der Waals surface area contributed by atoms with Gasteiger partial charge < -0.3 is 29.7 Å². The SMILES string of the molecule is CCNC(=NCCCOC(C)C)NC1CCN(c2cc(OC)cc(OC)c2)C1. The van der Waals surface area contributed by atoms with Gasteiger partial charge >= 0.3 is 0 Å². The second-order valence-corrected chi connectivity index (χ2v) is 7.18. The Morgan fingerprint density at radius 3 is 2.54 bits per heavy atom. The van der Waals surface area contributed by atoms with E-state index in [0.717, 1.165) is 68.8 Å². The lowest BCUT2D eigenvalue weighted by Crippen LogP contribution is -2.44. The van der Waals surface area contributed by atoms with Crippen molar-refractivity contribution in [1.82, 2.24) is 10.6 Å². The van der Waals surface area contributed by atoms with Crippen LogP contribution < -0.4 is 25.0 Å². The van der Waals surface area contributed by atoms with Crippen molar-refractivity contribution >= 4 is 11.6 Å². The zero-order chi connectivity index (χ0) is 20.4. The smallest absolute Gasteiger partial charge is 0.191 e. The summed E-state index contributed by atoms with van der Waals surface area (Å²) in [6, 6.07) is 6.36. The molecule has 1 fully saturated rings. The first-order valence-electron chi connectivity index (χ1n) is 10.2. The van der Waals surface area contributed by atoms with Gasteiger partial charge in [0.05, 0.1) is 20.3 Å². The normalized spacial score (nSPS) is 17.1. The Bertz CT molecular complexity index is 599. The quantitative estimate of drug-likeness (QED) is 0.363. The minimum atomic E-state index is 0.273. The lowest BCUT2D eigenvalue weighted by atomic mass is 10.2. The highest BCUT2D eigenvalue weighted by atomic mass is 16.5. The lowest BCUT2D eigenvalue weighted by Gasteiger charge is -2.21. The molecule has 7 heteroatoms. The standard InChI is InChI=1S/C21H36N4O3/c1-6-22-21(23-9-7-11-28-16(2)3)24-17-8-10-25(15-17)18-12-19(26-4)14-20(13-18)27-5/h12-14,16-17H,6-11,15H2,1-5H3,(H2,22,23,24). The highest BCUT2D eigenvalue weighted by Crippen LogP contribution is 2.30. The molecule has 0 aromatic heterocycles. The molecule has 0 spiro atoms. The van der Waals surface area contributed by atoms with E-state index in [1.165, 1.54) is 0 Å². The molecule has 0 aliphatic carbocycles. The molecule has 7 nitrogen and oxygen atoms in total. The van der Waals surface area contributed by atoms with Crippen molar-refractivity contribution in [3.8, 4) is 11.5 Å². The molecule has 1 aromatic rings. The number of benzene rings is 1. The molecule has 28 heavy (non-hydrogen) atoms. The summed E-state index contributed by atoms with van der Waals surface area (Å²) in [5.41, 5.74) is 1.12. The third-order valence-corrected chi connectivity index (χ3v) is 4.60. The van der Waals surface area contributed by atoms with Gasteiger partial charge in [0, 0.05) is 62.7 Å². The van der Waals surface area contributed by atoms with Gasteiger partial charge in [0.2, 0.25) is 0 Å². The summed E-state index contributed by atoms with van der Waals surface area (Å²) in [6.07, 6.45) is 2.25. The minimum absolute atomic E-state index is 0.273. The van der Waals surface area contributed by atoms with Crippen LogP contribution in [0.15, 0.2) is 23.2 Å². The highest BCUT2D eigenvalue weighted by molar-refractivity contribution is 5.80. The third kappa shape index (κ3) is 7.11. The number of aliphatic imine (C=N–C) groups is 1. The molecule has 1 heterocycles. The summed E-state index contributed by atoms with van der Waals surface area (Å²) < 4.78 is 16.4. The van der Waals surface area contributed by atoms with Crippen LogP contribution in [0.5, 0.6) is 11.5 Å². The zero-order valence-electron chi connectivity index (χ0n) is 18.0. The van der Waals surface area contributed by atoms with Gasteiger partial charge in [0.25, 0.3) is 0 Å². The summed E-state index contributed by atoms with van der Waals surface area (Å²) in [5.74, 6) is 2.50. The number of methoxy groups -OCH3 is 2. The summed E-state index contributed by atoms with van der Waals surface area (Å²) in [6.45, 7) is 10.4. The molecule has 1 saturated heterocycles. The number of nitrogens with one attached hydrogen (secondary N) is 2. The first-order chi connectivity index (χ1) is 13.5. The van der Waals surface area contributed by atoms with Crippen molar-refractivity contribution in [1.29, 1.82) is 0 Å². The Morgan fingerprint density at radius 2 is 1.93 bits per heavy atom. The van der Waals surface area contributed by atoms with Crippen LogP contribution in [0.4, 0.5) is 5.69 Å². The highest BCUT2D eigenvalue weighted by Gasteiger charge is 2.24. The predicted octanol–water partition coefficient (Wildman–Crippen LogP) is 2.65. The summed E-state index contributed by atoms with van der Waals surface area (Å²) in [4.78, 5) is 7.03. The minimum Gasteiger partial charge on any atom is -0.497 e. The van der Waals surface area contributed by atoms with Crippen LogP contribution in [0, 0.1) is 0 Å². The molecule has 2 N–H and O–H groups in total. The van der Waals surface area contributed by atoms with Gasteiger partial charge in [-0.15, -0.1) is 0 Å². The fraction of sp³-hybridized carbons (Fsp3) is 0.667. The molecule has 1 aliphatic rings. The maximum absolute atomic E-state index is 5.58. The van der Waals surface area contributed by atoms with Crippen LogP contribution in [0.1, 0.15) is 33.6 Å². The maximum Gasteiger partial charge on any atom is 0.191 e. The number of anilines is 1. The molecule has 0 saturated carbocycles. The summed E-state index contributed by atoms with van der Waals surface area (Å²) in [5, 5.41) is 6.91. The Labute approximate surface area is 169 Å². The topological polar surface area (TPSA) is 67.4 Å². The predicted molar refractivity (Wildman–Crippen MR) is 115 cm³/mol. The molecule has 1 unspecified atom stereocenters. The summed E-state index contributed by atoms with van der Waals surface area (Å²) in [7, 11) is 3.36. The van der Waals surface area contributed by atoms with Crippen molar-refractivity contribution in [3.05, 3.63) is 18.2 Å². The van der Waals surface area contributed by atoms with Gasteiger partial charge in [-0.05, 0) is 33.6 Å². The Kier molecular flexibility index (Phi) is 9.20. The van der Waals surface area contributed by atoms with E-state index in [9.17, 15) is 0 Å². The van der Waals surface area contributed by atoms with Crippen LogP contribution in [0.25, 0.3) is 0 Å². The van der Waals surface area contributed by atoms with E-state index in [1.54, 1.807) is 14.2 Å². The van der Waals surface area contributed by atoms with Crippen molar-refractivity contribution in [2.75, 3.05) is 51.9 Å². The van der Waals surface area contributed by atoms with E-state index in [2.05, 4.69) is 53.4 Å². The monoisotopic (exact) mass is 392 g/mol. The average Bonchev–Trinajstić information content (AvgIpc) is 3.15. The van der Waals surface area contributed by atoms with Gasteiger partial charge in [-0.3, -0.25) is 4.99 Å². The molecular formula is C21H36N4O3. The largest absolute Gasteiger partial charge is 0.497 e. The third-order valence-electron chi connectivity index (χ3n) is 4.60. The van der Waals surface area contributed by atoms with Gasteiger partial charge in [-0.25, -0.2) is 0 Å². The van der Waals surface area contributed by atoms with E-state index >= 15 is 0 Å². The molecule has 158 valence electrons. The van der Waals surface area contributed by atoms with Gasteiger partial charge in [0.1, 0.15) is 11.5 Å². The Morgan fingerprint density at radius 1 is 1.21 bits per heavy atom. The number of hydrogen-bond acceptors (Lipinski definition) is 5. The van der Waals surface area contributed by atoms with Crippen molar-refractivity contribution in [2.45, 2.75) is 45.8 Å². The zero-order valence-corrected chi connectivity index (χ0v) is 18.0. The van der Waals surface area contributed by atoms with E-state index in [4.69, 9.17) is 14.2 Å². The first-order valence-corrected chi connectivity index (χ1v) is 10.2. The number of guanidine groups is 1. The fourth-order valence-corrected chi connectivity index (χ4v) is 3.18. The lowest BCUT2D eigenvalue weighted by molar-refractivity contribution is 0.0782. The average molecular weight is 393 g/mol. The maximum atomic E-state index is 5.58. The molecular weight excluding hydrogens is 356 g/mol. The van der Waals surface area contributed by atoms with Crippen molar-refractivity contribution < 1.29 is 14.2 Å². The summed E-state index contributed by atoms with van der Waals surface area (Å²) >= 11 is 0. The van der Waals surface area contributed by atoms with Crippen LogP contribution in [0.3, 0.4) is 0 Å². The van der Waals surface area contributed by atoms with Gasteiger partial charge in [-0.2, -0.15) is 0 Å². The number of nitrogens with zero attached hydrogens (tertiary/aromatic N) is 2. The van der Waals surface area contributed by atoms with E-state index in [1.807, 2.05) is 6.07 Å². The number of rotatable bonds is 10. The molecule has 2 rings (SSSR count). The number of hydrogen-bond donors (Lipinski definition) is 2. The van der Waals surface area contributed by atoms with E-state index in [0.29, 0.717) is 6.04 Å². The molecule has 1 atom stereocenters. The molecule has 0 bridgehead atoms. The molecule has 0 radical (unpaired) electrons. The van der Waals surface area contributed by atoms with Gasteiger partial charge in [0.15, 0.2) is 5.96 Å². The van der Waals surface area contributed by atoms with Crippen LogP contribution in [0.2, 0.25) is 0 Å².